The molecule has 96 valence electrons. The fraction of sp³-hybridized carbons (Fsp3) is 0.0714. The molecule has 3 rings (SSSR count). The van der Waals surface area contributed by atoms with Gasteiger partial charge in [0, 0.05) is 0 Å². The van der Waals surface area contributed by atoms with Crippen LogP contribution in [0.2, 0.25) is 0 Å². The summed E-state index contributed by atoms with van der Waals surface area (Å²) >= 11 is 0. The third-order valence-electron chi connectivity index (χ3n) is 2.97. The van der Waals surface area contributed by atoms with Crippen molar-refractivity contribution in [2.24, 2.45) is 0 Å². The molecule has 0 saturated heterocycles. The maximum Gasteiger partial charge on any atom is 0.419 e. The molecular weight excluding hydrogens is 246 g/mol. The number of fused-ring (bicyclic) bond motifs is 1. The zero-order chi connectivity index (χ0) is 13.4. The van der Waals surface area contributed by atoms with Crippen molar-refractivity contribution >= 4 is 10.8 Å². The van der Waals surface area contributed by atoms with Crippen LogP contribution in [0.4, 0.5) is 0 Å². The van der Waals surface area contributed by atoms with Crippen LogP contribution in [0.3, 0.4) is 0 Å². The number of H-pyrrole nitrogens is 1. The van der Waals surface area contributed by atoms with Gasteiger partial charge in [-0.2, -0.15) is 0 Å². The number of benzene rings is 2. The summed E-state index contributed by atoms with van der Waals surface area (Å²) in [5, 5.41) is 11.6. The highest BCUT2D eigenvalue weighted by Gasteiger charge is 2.19. The Morgan fingerprint density at radius 2 is 2.00 bits per heavy atom. The molecule has 19 heavy (non-hydrogen) atoms. The van der Waals surface area contributed by atoms with Crippen LogP contribution in [0, 0.1) is 0 Å². The largest absolute Gasteiger partial charge is 0.496 e. The third-order valence-corrected chi connectivity index (χ3v) is 2.97. The summed E-state index contributed by atoms with van der Waals surface area (Å²) in [7, 11) is 1.52. The summed E-state index contributed by atoms with van der Waals surface area (Å²) in [6, 6.07) is 11.3. The molecule has 0 spiro atoms. The molecule has 0 aliphatic heterocycles. The molecule has 0 atom stereocenters. The molecule has 0 bridgehead atoms. The average Bonchev–Trinajstić information content (AvgIpc) is 2.76. The lowest BCUT2D eigenvalue weighted by Crippen LogP contribution is -1.93. The van der Waals surface area contributed by atoms with Crippen LogP contribution in [-0.2, 0) is 0 Å². The Bertz CT molecular complexity index is 801. The molecule has 0 radical (unpaired) electrons. The number of methoxy groups -OCH3 is 1. The van der Waals surface area contributed by atoms with Crippen LogP contribution in [-0.4, -0.2) is 17.2 Å². The first-order valence-corrected chi connectivity index (χ1v) is 5.69. The molecule has 1 heterocycles. The SMILES string of the molecule is COc1ccc2ccccc2c1-c1oc(=O)[nH]c1O. The van der Waals surface area contributed by atoms with Gasteiger partial charge in [-0.15, -0.1) is 0 Å². The maximum absolute atomic E-state index is 11.2. The Hall–Kier alpha value is -2.69. The molecule has 0 aliphatic rings. The predicted octanol–water partition coefficient (Wildman–Crippen LogP) is 2.50. The van der Waals surface area contributed by atoms with Gasteiger partial charge in [0.05, 0.1) is 12.7 Å². The monoisotopic (exact) mass is 257 g/mol. The first-order chi connectivity index (χ1) is 9.20. The van der Waals surface area contributed by atoms with Gasteiger partial charge in [-0.25, -0.2) is 4.79 Å². The average molecular weight is 257 g/mol. The van der Waals surface area contributed by atoms with E-state index in [1.807, 2.05) is 30.3 Å². The van der Waals surface area contributed by atoms with E-state index >= 15 is 0 Å². The molecule has 2 aromatic carbocycles. The van der Waals surface area contributed by atoms with Gasteiger partial charge < -0.3 is 14.3 Å². The fourth-order valence-electron chi connectivity index (χ4n) is 2.15. The van der Waals surface area contributed by atoms with Gasteiger partial charge in [0.25, 0.3) is 0 Å². The number of nitrogens with one attached hydrogen (secondary N) is 1. The van der Waals surface area contributed by atoms with E-state index in [1.165, 1.54) is 7.11 Å². The maximum atomic E-state index is 11.2. The van der Waals surface area contributed by atoms with Crippen molar-refractivity contribution in [3.8, 4) is 23.0 Å². The topological polar surface area (TPSA) is 75.5 Å². The van der Waals surface area contributed by atoms with Crippen LogP contribution in [0.1, 0.15) is 0 Å². The van der Waals surface area contributed by atoms with Crippen molar-refractivity contribution in [1.82, 2.24) is 4.98 Å². The summed E-state index contributed by atoms with van der Waals surface area (Å²) in [6.45, 7) is 0. The van der Waals surface area contributed by atoms with Crippen molar-refractivity contribution in [2.45, 2.75) is 0 Å². The van der Waals surface area contributed by atoms with Crippen molar-refractivity contribution < 1.29 is 14.3 Å². The van der Waals surface area contributed by atoms with E-state index in [0.29, 0.717) is 11.3 Å². The summed E-state index contributed by atoms with van der Waals surface area (Å²) < 4.78 is 10.3. The fourth-order valence-corrected chi connectivity index (χ4v) is 2.15. The highest BCUT2D eigenvalue weighted by atomic mass is 16.5. The number of rotatable bonds is 2. The summed E-state index contributed by atoms with van der Waals surface area (Å²) in [4.78, 5) is 13.4. The van der Waals surface area contributed by atoms with E-state index < -0.39 is 5.76 Å². The summed E-state index contributed by atoms with van der Waals surface area (Å²) in [5.41, 5.74) is 0.552. The Morgan fingerprint density at radius 1 is 1.21 bits per heavy atom. The second-order valence-electron chi connectivity index (χ2n) is 4.06. The molecule has 0 aliphatic carbocycles. The number of aromatic nitrogens is 1. The number of aromatic hydroxyl groups is 1. The number of hydrogen-bond donors (Lipinski definition) is 2. The van der Waals surface area contributed by atoms with E-state index in [1.54, 1.807) is 6.07 Å². The van der Waals surface area contributed by atoms with Gasteiger partial charge in [0.15, 0.2) is 0 Å². The normalized spacial score (nSPS) is 10.8. The highest BCUT2D eigenvalue weighted by molar-refractivity contribution is 5.99. The smallest absolute Gasteiger partial charge is 0.419 e. The minimum atomic E-state index is -0.706. The Kier molecular flexibility index (Phi) is 2.52. The Morgan fingerprint density at radius 3 is 2.68 bits per heavy atom. The van der Waals surface area contributed by atoms with E-state index in [2.05, 4.69) is 4.98 Å². The van der Waals surface area contributed by atoms with Gasteiger partial charge in [-0.1, -0.05) is 30.3 Å². The van der Waals surface area contributed by atoms with Crippen molar-refractivity contribution in [1.29, 1.82) is 0 Å². The lowest BCUT2D eigenvalue weighted by Gasteiger charge is -2.09. The number of oxazole rings is 1. The molecule has 0 saturated carbocycles. The van der Waals surface area contributed by atoms with E-state index in [9.17, 15) is 9.90 Å². The van der Waals surface area contributed by atoms with Crippen LogP contribution in [0.15, 0.2) is 45.6 Å². The molecule has 5 nitrogen and oxygen atoms in total. The van der Waals surface area contributed by atoms with Crippen molar-refractivity contribution in [3.05, 3.63) is 46.9 Å². The Balaban J connectivity index is 2.43. The quantitative estimate of drug-likeness (QED) is 0.739. The molecule has 3 aromatic rings. The lowest BCUT2D eigenvalue weighted by molar-refractivity contribution is 0.412. The minimum absolute atomic E-state index is 0.0821. The molecule has 1 aromatic heterocycles. The second kappa shape index (κ2) is 4.20. The summed E-state index contributed by atoms with van der Waals surface area (Å²) in [5.74, 6) is -0.405. The van der Waals surface area contributed by atoms with Crippen LogP contribution in [0.25, 0.3) is 22.1 Å². The van der Waals surface area contributed by atoms with E-state index in [0.717, 1.165) is 10.8 Å². The van der Waals surface area contributed by atoms with Gasteiger partial charge in [-0.3, -0.25) is 4.98 Å². The zero-order valence-corrected chi connectivity index (χ0v) is 10.1. The van der Waals surface area contributed by atoms with Gasteiger partial charge in [-0.05, 0) is 16.8 Å². The Labute approximate surface area is 108 Å². The van der Waals surface area contributed by atoms with Crippen LogP contribution in [0.5, 0.6) is 11.6 Å². The lowest BCUT2D eigenvalue weighted by atomic mass is 10.0. The molecule has 0 fully saturated rings. The molecular formula is C14H11NO4. The first kappa shape index (κ1) is 11.4. The van der Waals surface area contributed by atoms with Gasteiger partial charge in [0.1, 0.15) is 5.75 Å². The standard InChI is InChI=1S/C14H11NO4/c1-18-10-7-6-8-4-2-3-5-9(8)11(10)12-13(16)15-14(17)19-12/h2-7,16H,1H3,(H,15,17). The molecule has 0 amide bonds. The molecule has 5 heteroatoms. The van der Waals surface area contributed by atoms with Gasteiger partial charge >= 0.3 is 5.76 Å². The molecule has 0 unspecified atom stereocenters. The van der Waals surface area contributed by atoms with Crippen molar-refractivity contribution in [3.63, 3.8) is 0 Å². The van der Waals surface area contributed by atoms with Crippen molar-refractivity contribution in [2.75, 3.05) is 7.11 Å². The number of hydrogen-bond acceptors (Lipinski definition) is 4. The van der Waals surface area contributed by atoms with Crippen LogP contribution >= 0.6 is 0 Å². The van der Waals surface area contributed by atoms with E-state index in [4.69, 9.17) is 9.15 Å². The number of ether oxygens (including phenoxy) is 1. The number of aromatic amines is 1. The minimum Gasteiger partial charge on any atom is -0.496 e. The molecule has 2 N–H and O–H groups in total. The predicted molar refractivity (Wildman–Crippen MR) is 70.5 cm³/mol. The third kappa shape index (κ3) is 1.76. The second-order valence-corrected chi connectivity index (χ2v) is 4.06. The zero-order valence-electron chi connectivity index (χ0n) is 10.1. The van der Waals surface area contributed by atoms with E-state index in [-0.39, 0.29) is 11.6 Å². The highest BCUT2D eigenvalue weighted by Crippen LogP contribution is 2.39. The van der Waals surface area contributed by atoms with Crippen LogP contribution < -0.4 is 10.5 Å². The first-order valence-electron chi connectivity index (χ1n) is 5.69. The van der Waals surface area contributed by atoms with Gasteiger partial charge in [0.2, 0.25) is 11.6 Å². The summed E-state index contributed by atoms with van der Waals surface area (Å²) in [6.07, 6.45) is 0.